The lowest BCUT2D eigenvalue weighted by Crippen LogP contribution is -2.09. The average Bonchev–Trinajstić information content (AvgIpc) is 2.32. The van der Waals surface area contributed by atoms with E-state index in [2.05, 4.69) is 31.1 Å². The molecule has 0 fully saturated rings. The van der Waals surface area contributed by atoms with Gasteiger partial charge in [0.25, 0.3) is 0 Å². The van der Waals surface area contributed by atoms with Crippen LogP contribution in [0.2, 0.25) is 0 Å². The van der Waals surface area contributed by atoms with Crippen molar-refractivity contribution in [1.29, 1.82) is 0 Å². The van der Waals surface area contributed by atoms with Gasteiger partial charge in [0.05, 0.1) is 0 Å². The van der Waals surface area contributed by atoms with Gasteiger partial charge < -0.3 is 5.32 Å². The number of hydrogen-bond acceptors (Lipinski definition) is 2. The summed E-state index contributed by atoms with van der Waals surface area (Å²) in [4.78, 5) is 0. The van der Waals surface area contributed by atoms with Gasteiger partial charge in [-0.25, -0.2) is 0 Å². The molecular weight excluding hydrogens is 214 g/mol. The Morgan fingerprint density at radius 3 is 2.50 bits per heavy atom. The Bertz CT molecular complexity index is 333. The molecule has 0 heterocycles. The first-order valence-electron chi connectivity index (χ1n) is 5.11. The maximum atomic E-state index is 4.12. The van der Waals surface area contributed by atoms with Crippen molar-refractivity contribution in [3.63, 3.8) is 0 Å². The van der Waals surface area contributed by atoms with Crippen molar-refractivity contribution in [2.24, 2.45) is 0 Å². The van der Waals surface area contributed by atoms with Crippen molar-refractivity contribution in [3.05, 3.63) is 73.2 Å². The molecule has 0 bridgehead atoms. The summed E-state index contributed by atoms with van der Waals surface area (Å²) in [6.45, 7) is 9.34. The smallest absolute Gasteiger partial charge is 0.0378 e. The zero-order valence-electron chi connectivity index (χ0n) is 9.69. The minimum absolute atomic E-state index is 0.725. The molecule has 0 aromatic rings. The number of thiol groups is 1. The molecule has 1 N–H and O–H groups in total. The predicted octanol–water partition coefficient (Wildman–Crippen LogP) is 3.78. The van der Waals surface area contributed by atoms with Crippen molar-refractivity contribution in [2.75, 3.05) is 5.75 Å². The van der Waals surface area contributed by atoms with Crippen LogP contribution in [0.3, 0.4) is 0 Å². The van der Waals surface area contributed by atoms with Gasteiger partial charge in [-0.15, -0.1) is 0 Å². The number of rotatable bonds is 7. The Balaban J connectivity index is 4.57. The van der Waals surface area contributed by atoms with Gasteiger partial charge in [0.2, 0.25) is 0 Å². The molecule has 0 spiro atoms. The fourth-order valence-corrected chi connectivity index (χ4v) is 1.06. The molecule has 0 unspecified atom stereocenters. The van der Waals surface area contributed by atoms with Crippen LogP contribution in [0.5, 0.6) is 0 Å². The third-order valence-electron chi connectivity index (χ3n) is 1.75. The van der Waals surface area contributed by atoms with Crippen LogP contribution in [0, 0.1) is 0 Å². The van der Waals surface area contributed by atoms with Gasteiger partial charge in [-0.1, -0.05) is 43.5 Å². The van der Waals surface area contributed by atoms with E-state index in [0.717, 1.165) is 17.1 Å². The van der Waals surface area contributed by atoms with E-state index < -0.39 is 0 Å². The Kier molecular flexibility index (Phi) is 9.23. The highest BCUT2D eigenvalue weighted by Crippen LogP contribution is 2.00. The Morgan fingerprint density at radius 2 is 2.00 bits per heavy atom. The molecule has 1 nitrogen and oxygen atoms in total. The number of nitrogens with one attached hydrogen (secondary N) is 1. The highest BCUT2D eigenvalue weighted by Gasteiger charge is 1.91. The van der Waals surface area contributed by atoms with E-state index in [1.807, 2.05) is 43.4 Å². The quantitative estimate of drug-likeness (QED) is 0.504. The number of allylic oxidation sites excluding steroid dienone is 7. The first kappa shape index (κ1) is 14.6. The largest absolute Gasteiger partial charge is 0.356 e. The molecule has 0 aromatic heterocycles. The molecule has 0 rings (SSSR count). The van der Waals surface area contributed by atoms with Crippen molar-refractivity contribution in [2.45, 2.75) is 6.92 Å². The zero-order chi connectivity index (χ0) is 12.2. The Labute approximate surface area is 104 Å². The van der Waals surface area contributed by atoms with Crippen LogP contribution in [-0.4, -0.2) is 5.75 Å². The average molecular weight is 233 g/mol. The summed E-state index contributed by atoms with van der Waals surface area (Å²) in [5, 5.41) is 3.25. The van der Waals surface area contributed by atoms with Crippen LogP contribution < -0.4 is 5.32 Å². The van der Waals surface area contributed by atoms with Crippen molar-refractivity contribution < 1.29 is 0 Å². The zero-order valence-corrected chi connectivity index (χ0v) is 10.6. The summed E-state index contributed by atoms with van der Waals surface area (Å²) < 4.78 is 0. The van der Waals surface area contributed by atoms with E-state index >= 15 is 0 Å². The van der Waals surface area contributed by atoms with Gasteiger partial charge in [0.15, 0.2) is 0 Å². The highest BCUT2D eigenvalue weighted by atomic mass is 32.1. The first-order valence-corrected chi connectivity index (χ1v) is 5.74. The second-order valence-corrected chi connectivity index (χ2v) is 3.27. The van der Waals surface area contributed by atoms with Gasteiger partial charge in [-0.05, 0) is 25.2 Å². The van der Waals surface area contributed by atoms with Crippen LogP contribution in [0.4, 0.5) is 0 Å². The maximum absolute atomic E-state index is 4.12. The first-order chi connectivity index (χ1) is 7.78. The summed E-state index contributed by atoms with van der Waals surface area (Å²) in [5.74, 6) is 0.725. The van der Waals surface area contributed by atoms with Gasteiger partial charge in [0.1, 0.15) is 0 Å². The second-order valence-electron chi connectivity index (χ2n) is 2.90. The van der Waals surface area contributed by atoms with Crippen molar-refractivity contribution in [3.8, 4) is 0 Å². The predicted molar refractivity (Wildman–Crippen MR) is 77.5 cm³/mol. The molecule has 0 aliphatic carbocycles. The van der Waals surface area contributed by atoms with Gasteiger partial charge in [-0.3, -0.25) is 0 Å². The van der Waals surface area contributed by atoms with E-state index in [1.165, 1.54) is 0 Å². The topological polar surface area (TPSA) is 12.0 Å². The fraction of sp³-hybridized carbons (Fsp3) is 0.143. The summed E-state index contributed by atoms with van der Waals surface area (Å²) in [6, 6.07) is 0. The molecule has 0 aromatic carbocycles. The molecule has 2 heteroatoms. The summed E-state index contributed by atoms with van der Waals surface area (Å²) in [6.07, 6.45) is 15.2. The minimum Gasteiger partial charge on any atom is -0.356 e. The van der Waals surface area contributed by atoms with Gasteiger partial charge >= 0.3 is 0 Å². The third kappa shape index (κ3) is 6.96. The lowest BCUT2D eigenvalue weighted by atomic mass is 10.3. The Hall–Kier alpha value is -1.41. The van der Waals surface area contributed by atoms with Crippen molar-refractivity contribution >= 4 is 12.6 Å². The molecule has 0 aliphatic heterocycles. The molecule has 0 saturated carbocycles. The molecule has 86 valence electrons. The summed E-state index contributed by atoms with van der Waals surface area (Å²) >= 11 is 4.12. The molecule has 0 aliphatic rings. The van der Waals surface area contributed by atoms with E-state index in [4.69, 9.17) is 0 Å². The Morgan fingerprint density at radius 1 is 1.25 bits per heavy atom. The molecule has 16 heavy (non-hydrogen) atoms. The van der Waals surface area contributed by atoms with Crippen molar-refractivity contribution in [1.82, 2.24) is 5.32 Å². The van der Waals surface area contributed by atoms with Crippen LogP contribution in [0.25, 0.3) is 0 Å². The lowest BCUT2D eigenvalue weighted by molar-refractivity contribution is 1.04. The molecule has 0 radical (unpaired) electrons. The van der Waals surface area contributed by atoms with E-state index in [1.54, 1.807) is 12.2 Å². The normalized spacial score (nSPS) is 13.4. The van der Waals surface area contributed by atoms with Crippen LogP contribution in [-0.2, 0) is 0 Å². The van der Waals surface area contributed by atoms with E-state index in [9.17, 15) is 0 Å². The minimum atomic E-state index is 0.725. The lowest BCUT2D eigenvalue weighted by Gasteiger charge is -2.06. The standard InChI is InChI=1S/C14H19NS/c1-4-7-8-10-13(5-2)15-14(6-3)11-9-12-16/h4-11,15-16H,1-2,12H2,3H3/b8-7-,11-9-,13-10+,14-6+. The molecular formula is C14H19NS. The van der Waals surface area contributed by atoms with Crippen LogP contribution in [0.1, 0.15) is 6.92 Å². The fourth-order valence-electron chi connectivity index (χ4n) is 0.955. The van der Waals surface area contributed by atoms with Crippen LogP contribution >= 0.6 is 12.6 Å². The monoisotopic (exact) mass is 233 g/mol. The van der Waals surface area contributed by atoms with E-state index in [0.29, 0.717) is 0 Å². The highest BCUT2D eigenvalue weighted by molar-refractivity contribution is 7.80. The SMILES string of the molecule is C=C/C=C\C=C(/C=C)NC(/C=C\CS)=C/C. The number of hydrogen-bond donors (Lipinski definition) is 2. The van der Waals surface area contributed by atoms with Gasteiger partial charge in [-0.2, -0.15) is 12.6 Å². The maximum Gasteiger partial charge on any atom is 0.0378 e. The van der Waals surface area contributed by atoms with Gasteiger partial charge in [0, 0.05) is 17.1 Å². The molecule has 0 amide bonds. The van der Waals surface area contributed by atoms with E-state index in [-0.39, 0.29) is 0 Å². The third-order valence-corrected chi connectivity index (χ3v) is 1.96. The summed E-state index contributed by atoms with van der Waals surface area (Å²) in [5.41, 5.74) is 1.96. The summed E-state index contributed by atoms with van der Waals surface area (Å²) in [7, 11) is 0. The second kappa shape index (κ2) is 10.1. The van der Waals surface area contributed by atoms with Crippen LogP contribution in [0.15, 0.2) is 73.2 Å². The molecule has 0 saturated heterocycles. The molecule has 0 atom stereocenters.